The second kappa shape index (κ2) is 10.1. The first kappa shape index (κ1) is 25.9. The molecule has 36 heavy (non-hydrogen) atoms. The van der Waals surface area contributed by atoms with Gasteiger partial charge in [0.1, 0.15) is 16.2 Å². The van der Waals surface area contributed by atoms with Crippen molar-refractivity contribution in [2.45, 2.75) is 11.8 Å². The molecule has 0 aromatic heterocycles. The van der Waals surface area contributed by atoms with E-state index in [9.17, 15) is 22.8 Å². The summed E-state index contributed by atoms with van der Waals surface area (Å²) in [6.07, 6.45) is 1.15. The molecule has 0 saturated carbocycles. The van der Waals surface area contributed by atoms with Crippen LogP contribution in [0.2, 0.25) is 10.0 Å². The number of imide groups is 2. The van der Waals surface area contributed by atoms with Crippen LogP contribution in [-0.2, 0) is 19.7 Å². The molecule has 12 heteroatoms. The molecule has 8 nitrogen and oxygen atoms in total. The fourth-order valence-electron chi connectivity index (χ4n) is 3.33. The monoisotopic (exact) mass is 608 g/mol. The van der Waals surface area contributed by atoms with E-state index in [0.717, 1.165) is 11.0 Å². The Balaban J connectivity index is 1.77. The predicted octanol–water partition coefficient (Wildman–Crippen LogP) is 5.50. The lowest BCUT2D eigenvalue weighted by atomic mass is 10.1. The molecule has 4 rings (SSSR count). The molecule has 1 aliphatic heterocycles. The number of hydrogen-bond acceptors (Lipinski definition) is 6. The number of halogens is 3. The van der Waals surface area contributed by atoms with Crippen LogP contribution in [0, 0.1) is 6.92 Å². The molecular weight excluding hydrogens is 595 g/mol. The highest BCUT2D eigenvalue weighted by molar-refractivity contribution is 9.10. The van der Waals surface area contributed by atoms with Gasteiger partial charge in [-0.05, 0) is 73.2 Å². The predicted molar refractivity (Wildman–Crippen MR) is 139 cm³/mol. The Bertz CT molecular complexity index is 1560. The molecule has 3 aromatic rings. The molecule has 0 aliphatic carbocycles. The first-order valence-corrected chi connectivity index (χ1v) is 13.1. The average molecular weight is 610 g/mol. The summed E-state index contributed by atoms with van der Waals surface area (Å²) in [7, 11) is -4.27. The summed E-state index contributed by atoms with van der Waals surface area (Å²) in [6.45, 7) is 1.67. The topological polar surface area (TPSA) is 110 Å². The van der Waals surface area contributed by atoms with Crippen LogP contribution in [0.4, 0.5) is 10.5 Å². The quantitative estimate of drug-likeness (QED) is 0.232. The number of barbiturate groups is 1. The third kappa shape index (κ3) is 5.31. The fourth-order valence-corrected chi connectivity index (χ4v) is 4.96. The number of carbonyl (C=O) groups excluding carboxylic acids is 3. The molecule has 0 radical (unpaired) electrons. The maximum absolute atomic E-state index is 13.3. The molecular formula is C24H15BrCl2N2O6S. The largest absolute Gasteiger partial charge is 0.378 e. The summed E-state index contributed by atoms with van der Waals surface area (Å²) in [4.78, 5) is 39.1. The molecule has 1 heterocycles. The highest BCUT2D eigenvalue weighted by Crippen LogP contribution is 2.32. The zero-order valence-corrected chi connectivity index (χ0v) is 22.2. The summed E-state index contributed by atoms with van der Waals surface area (Å²) in [5.41, 5.74) is 0.440. The van der Waals surface area contributed by atoms with Crippen LogP contribution in [-0.4, -0.2) is 26.3 Å². The van der Waals surface area contributed by atoms with Gasteiger partial charge in [0.15, 0.2) is 0 Å². The minimum absolute atomic E-state index is 0.0949. The van der Waals surface area contributed by atoms with Gasteiger partial charge in [-0.15, -0.1) is 0 Å². The third-order valence-corrected chi connectivity index (χ3v) is 7.32. The number of carbonyl (C=O) groups is 3. The lowest BCUT2D eigenvalue weighted by Gasteiger charge is -2.27. The lowest BCUT2D eigenvalue weighted by molar-refractivity contribution is -0.122. The van der Waals surface area contributed by atoms with Crippen molar-refractivity contribution in [3.05, 3.63) is 91.9 Å². The van der Waals surface area contributed by atoms with Crippen molar-refractivity contribution < 1.29 is 27.0 Å². The first-order valence-electron chi connectivity index (χ1n) is 10.1. The van der Waals surface area contributed by atoms with E-state index >= 15 is 0 Å². The number of amides is 4. The van der Waals surface area contributed by atoms with Crippen molar-refractivity contribution in [3.63, 3.8) is 0 Å². The van der Waals surface area contributed by atoms with Crippen molar-refractivity contribution in [2.75, 3.05) is 4.90 Å². The summed E-state index contributed by atoms with van der Waals surface area (Å²) in [5.74, 6) is -2.02. The smallest absolute Gasteiger partial charge is 0.339 e. The van der Waals surface area contributed by atoms with E-state index < -0.39 is 33.5 Å². The van der Waals surface area contributed by atoms with Gasteiger partial charge >= 0.3 is 16.1 Å². The van der Waals surface area contributed by atoms with Gasteiger partial charge in [0.2, 0.25) is 0 Å². The van der Waals surface area contributed by atoms with Crippen LogP contribution in [0.5, 0.6) is 5.75 Å². The highest BCUT2D eigenvalue weighted by Gasteiger charge is 2.37. The van der Waals surface area contributed by atoms with E-state index in [4.69, 9.17) is 27.4 Å². The molecule has 3 aromatic carbocycles. The van der Waals surface area contributed by atoms with Gasteiger partial charge in [0.05, 0.1) is 5.69 Å². The summed E-state index contributed by atoms with van der Waals surface area (Å²) in [6, 6.07) is 13.4. The number of hydrogen-bond donors (Lipinski definition) is 1. The Morgan fingerprint density at radius 2 is 1.61 bits per heavy atom. The minimum atomic E-state index is -4.27. The fraction of sp³-hybridized carbons (Fsp3) is 0.0417. The zero-order valence-electron chi connectivity index (χ0n) is 18.3. The molecule has 184 valence electrons. The molecule has 1 fully saturated rings. The number of nitrogens with one attached hydrogen (secondary N) is 1. The zero-order chi connectivity index (χ0) is 26.2. The van der Waals surface area contributed by atoms with Crippen molar-refractivity contribution in [2.24, 2.45) is 0 Å². The van der Waals surface area contributed by atoms with Crippen molar-refractivity contribution in [1.82, 2.24) is 5.32 Å². The number of nitrogens with zero attached hydrogens (tertiary/aromatic N) is 1. The normalized spacial score (nSPS) is 15.3. The molecule has 1 N–H and O–H groups in total. The Morgan fingerprint density at radius 3 is 2.31 bits per heavy atom. The van der Waals surface area contributed by atoms with Gasteiger partial charge in [0.25, 0.3) is 11.8 Å². The summed E-state index contributed by atoms with van der Waals surface area (Å²) < 4.78 is 31.5. The van der Waals surface area contributed by atoms with Gasteiger partial charge in [-0.1, -0.05) is 45.2 Å². The van der Waals surface area contributed by atoms with Gasteiger partial charge in [-0.25, -0.2) is 9.69 Å². The highest BCUT2D eigenvalue weighted by atomic mass is 79.9. The lowest BCUT2D eigenvalue weighted by Crippen LogP contribution is -2.54. The number of benzene rings is 3. The Hall–Kier alpha value is -3.18. The van der Waals surface area contributed by atoms with E-state index in [-0.39, 0.29) is 26.9 Å². The molecule has 0 spiro atoms. The van der Waals surface area contributed by atoms with E-state index in [2.05, 4.69) is 21.2 Å². The second-order valence-electron chi connectivity index (χ2n) is 7.56. The Kier molecular flexibility index (Phi) is 7.24. The van der Waals surface area contributed by atoms with E-state index in [1.165, 1.54) is 48.5 Å². The van der Waals surface area contributed by atoms with Crippen LogP contribution in [0.3, 0.4) is 0 Å². The molecule has 0 unspecified atom stereocenters. The van der Waals surface area contributed by atoms with Crippen LogP contribution in [0.25, 0.3) is 6.08 Å². The number of anilines is 1. The Morgan fingerprint density at radius 1 is 0.944 bits per heavy atom. The van der Waals surface area contributed by atoms with Crippen molar-refractivity contribution in [1.29, 1.82) is 0 Å². The average Bonchev–Trinajstić information content (AvgIpc) is 2.80. The number of rotatable bonds is 5. The van der Waals surface area contributed by atoms with Crippen LogP contribution in [0.1, 0.15) is 11.1 Å². The number of urea groups is 1. The van der Waals surface area contributed by atoms with Gasteiger partial charge in [-0.3, -0.25) is 14.9 Å². The SMILES string of the molecule is Cc1ccc(Cl)cc1N1C(=O)NC(=O)/C(=C\c2cc(Br)ccc2OS(=O)(=O)c2ccc(Cl)cc2)C1=O. The molecule has 4 amide bonds. The maximum atomic E-state index is 13.3. The summed E-state index contributed by atoms with van der Waals surface area (Å²) >= 11 is 15.2. The van der Waals surface area contributed by atoms with Crippen LogP contribution >= 0.6 is 39.1 Å². The van der Waals surface area contributed by atoms with Crippen LogP contribution in [0.15, 0.2) is 75.6 Å². The standard InChI is InChI=1S/C24H15BrCl2N2O6S/c1-13-2-4-17(27)12-20(13)29-23(31)19(22(30)28-24(29)32)11-14-10-15(25)3-9-21(14)35-36(33,34)18-7-5-16(26)6-8-18/h2-12H,1H3,(H,28,30,32)/b19-11+. The molecule has 0 atom stereocenters. The molecule has 1 aliphatic rings. The second-order valence-corrected chi connectivity index (χ2v) is 10.9. The third-order valence-electron chi connectivity index (χ3n) is 5.09. The van der Waals surface area contributed by atoms with Gasteiger partial charge in [0, 0.05) is 20.1 Å². The van der Waals surface area contributed by atoms with Gasteiger partial charge in [-0.2, -0.15) is 8.42 Å². The van der Waals surface area contributed by atoms with E-state index in [1.807, 2.05) is 0 Å². The Labute approximate surface area is 224 Å². The summed E-state index contributed by atoms with van der Waals surface area (Å²) in [5, 5.41) is 2.75. The van der Waals surface area contributed by atoms with Crippen molar-refractivity contribution in [3.8, 4) is 5.75 Å². The van der Waals surface area contributed by atoms with Crippen LogP contribution < -0.4 is 14.4 Å². The number of aryl methyl sites for hydroxylation is 1. The van der Waals surface area contributed by atoms with E-state index in [0.29, 0.717) is 15.1 Å². The van der Waals surface area contributed by atoms with Crippen molar-refractivity contribution >= 4 is 78.9 Å². The molecule has 1 saturated heterocycles. The minimum Gasteiger partial charge on any atom is -0.378 e. The van der Waals surface area contributed by atoms with E-state index in [1.54, 1.807) is 19.1 Å². The van der Waals surface area contributed by atoms with Gasteiger partial charge < -0.3 is 4.18 Å². The maximum Gasteiger partial charge on any atom is 0.339 e. The molecule has 0 bridgehead atoms. The first-order chi connectivity index (χ1) is 17.0.